The van der Waals surface area contributed by atoms with Gasteiger partial charge in [0.15, 0.2) is 12.1 Å². The topological polar surface area (TPSA) is 150 Å². The molecule has 2 rings (SSSR count). The smallest absolute Gasteiger partial charge is 0.408 e. The number of nitrogens with two attached hydrogens (primary N) is 1. The number of aliphatic hydroxyl groups is 1. The van der Waals surface area contributed by atoms with E-state index in [0.717, 1.165) is 11.6 Å². The van der Waals surface area contributed by atoms with Crippen LogP contribution in [0.4, 0.5) is 4.79 Å². The maximum atomic E-state index is 12.3. The zero-order valence-corrected chi connectivity index (χ0v) is 15.7. The maximum Gasteiger partial charge on any atom is 0.408 e. The molecule has 1 saturated heterocycles. The summed E-state index contributed by atoms with van der Waals surface area (Å²) in [6.07, 6.45) is 1.04. The molecule has 0 unspecified atom stereocenters. The fourth-order valence-corrected chi connectivity index (χ4v) is 2.63. The normalized spacial score (nSPS) is 22.4. The van der Waals surface area contributed by atoms with Gasteiger partial charge in [-0.3, -0.25) is 9.59 Å². The van der Waals surface area contributed by atoms with Gasteiger partial charge in [0, 0.05) is 6.08 Å². The third-order valence-electron chi connectivity index (χ3n) is 4.30. The van der Waals surface area contributed by atoms with E-state index < -0.39 is 17.7 Å². The fraction of sp³-hybridized carbons (Fsp3) is 0.368. The predicted octanol–water partition coefficient (Wildman–Crippen LogP) is 0.393. The van der Waals surface area contributed by atoms with Crippen LogP contribution in [0, 0.1) is 0 Å². The van der Waals surface area contributed by atoms with E-state index in [2.05, 4.69) is 10.5 Å². The highest BCUT2D eigenvalue weighted by Gasteiger charge is 2.42. The van der Waals surface area contributed by atoms with Crippen molar-refractivity contribution in [3.63, 3.8) is 0 Å². The third-order valence-corrected chi connectivity index (χ3v) is 4.30. The zero-order chi connectivity index (χ0) is 21.1. The molecular formula is C19H23N3O7. The van der Waals surface area contributed by atoms with Gasteiger partial charge in [-0.2, -0.15) is 0 Å². The van der Waals surface area contributed by atoms with Crippen molar-refractivity contribution in [3.05, 3.63) is 47.7 Å². The van der Waals surface area contributed by atoms with Gasteiger partial charge >= 0.3 is 6.09 Å². The second-order valence-electron chi connectivity index (χ2n) is 6.31. The number of hydrogen-bond donors (Lipinski definition) is 3. The molecule has 1 amide bonds. The van der Waals surface area contributed by atoms with Gasteiger partial charge in [0.1, 0.15) is 18.4 Å². The molecular weight excluding hydrogens is 382 g/mol. The monoisotopic (exact) mass is 405 g/mol. The van der Waals surface area contributed by atoms with Crippen molar-refractivity contribution in [2.45, 2.75) is 31.1 Å². The average Bonchev–Trinajstić information content (AvgIpc) is 2.76. The van der Waals surface area contributed by atoms with Crippen LogP contribution < -0.4 is 11.1 Å². The molecule has 0 aromatic heterocycles. The Labute approximate surface area is 167 Å². The molecule has 0 radical (unpaired) electrons. The number of nitrogens with zero attached hydrogens (tertiary/aromatic N) is 1. The number of oxime groups is 1. The van der Waals surface area contributed by atoms with Crippen LogP contribution in [0.3, 0.4) is 0 Å². The predicted molar refractivity (Wildman–Crippen MR) is 101 cm³/mol. The summed E-state index contributed by atoms with van der Waals surface area (Å²) in [6.45, 7) is -0.224. The Morgan fingerprint density at radius 3 is 2.72 bits per heavy atom. The van der Waals surface area contributed by atoms with Crippen LogP contribution in [0.5, 0.6) is 0 Å². The number of ether oxygens (including phenoxy) is 2. The van der Waals surface area contributed by atoms with Gasteiger partial charge < -0.3 is 30.5 Å². The minimum absolute atomic E-state index is 0.0494. The first-order valence-corrected chi connectivity index (χ1v) is 8.86. The van der Waals surface area contributed by atoms with Gasteiger partial charge in [0.05, 0.1) is 19.3 Å². The Morgan fingerprint density at radius 1 is 1.38 bits per heavy atom. The first-order valence-electron chi connectivity index (χ1n) is 8.86. The van der Waals surface area contributed by atoms with Crippen LogP contribution in [0.2, 0.25) is 0 Å². The molecule has 10 heteroatoms. The number of aldehydes is 2. The number of carbonyl (C=O) groups excluding carboxylic acids is 3. The number of alkyl carbamates (subject to hydrolysis) is 1. The van der Waals surface area contributed by atoms with Crippen molar-refractivity contribution in [3.8, 4) is 0 Å². The molecule has 1 aliphatic rings. The van der Waals surface area contributed by atoms with E-state index in [1.54, 1.807) is 0 Å². The molecule has 10 nitrogen and oxygen atoms in total. The number of nitrogens with one attached hydrogen (secondary N) is 1. The molecule has 0 aliphatic carbocycles. The van der Waals surface area contributed by atoms with Gasteiger partial charge in [0.25, 0.3) is 0 Å². The summed E-state index contributed by atoms with van der Waals surface area (Å²) in [5, 5.41) is 15.6. The Balaban J connectivity index is 2.10. The Hall–Kier alpha value is -3.24. The molecule has 1 heterocycles. The summed E-state index contributed by atoms with van der Waals surface area (Å²) in [7, 11) is 0. The highest BCUT2D eigenvalue weighted by molar-refractivity contribution is 5.93. The second kappa shape index (κ2) is 10.9. The van der Waals surface area contributed by atoms with Crippen LogP contribution in [-0.4, -0.2) is 54.5 Å². The van der Waals surface area contributed by atoms with Crippen molar-refractivity contribution in [1.82, 2.24) is 5.32 Å². The first kappa shape index (κ1) is 22.1. The van der Waals surface area contributed by atoms with E-state index in [1.165, 1.54) is 0 Å². The number of allylic oxidation sites excluding steroid dienone is 2. The molecule has 4 N–H and O–H groups in total. The molecule has 0 saturated carbocycles. The molecule has 0 spiro atoms. The summed E-state index contributed by atoms with van der Waals surface area (Å²) in [4.78, 5) is 38.5. The lowest BCUT2D eigenvalue weighted by molar-refractivity contribution is -0.109. The lowest BCUT2D eigenvalue weighted by atomic mass is 9.89. The molecule has 29 heavy (non-hydrogen) atoms. The van der Waals surface area contributed by atoms with Gasteiger partial charge in [-0.05, 0) is 18.4 Å². The average molecular weight is 405 g/mol. The molecule has 0 bridgehead atoms. The molecule has 156 valence electrons. The van der Waals surface area contributed by atoms with Gasteiger partial charge in [-0.1, -0.05) is 35.5 Å². The van der Waals surface area contributed by atoms with Crippen molar-refractivity contribution < 1.29 is 33.8 Å². The fourth-order valence-electron chi connectivity index (χ4n) is 2.63. The summed E-state index contributed by atoms with van der Waals surface area (Å²) in [6, 6.07) is 9.10. The van der Waals surface area contributed by atoms with Crippen molar-refractivity contribution in [1.29, 1.82) is 0 Å². The Kier molecular flexibility index (Phi) is 8.31. The summed E-state index contributed by atoms with van der Waals surface area (Å²) < 4.78 is 10.8. The van der Waals surface area contributed by atoms with Crippen molar-refractivity contribution in [2.75, 3.05) is 13.2 Å². The van der Waals surface area contributed by atoms with Crippen LogP contribution in [-0.2, 0) is 30.5 Å². The third kappa shape index (κ3) is 6.40. The minimum atomic E-state index is -1.27. The first-order chi connectivity index (χ1) is 14.0. The summed E-state index contributed by atoms with van der Waals surface area (Å²) in [5.41, 5.74) is 5.54. The number of benzene rings is 1. The van der Waals surface area contributed by atoms with E-state index in [1.807, 2.05) is 30.3 Å². The number of hydrogen-bond acceptors (Lipinski definition) is 8. The highest BCUT2D eigenvalue weighted by Crippen LogP contribution is 2.24. The van der Waals surface area contributed by atoms with E-state index in [9.17, 15) is 19.5 Å². The minimum Gasteiger partial charge on any atom is -0.445 e. The van der Waals surface area contributed by atoms with E-state index in [4.69, 9.17) is 20.0 Å². The molecule has 1 aromatic rings. The lowest BCUT2D eigenvalue weighted by Gasteiger charge is -2.38. The molecule has 1 aromatic carbocycles. The quantitative estimate of drug-likeness (QED) is 0.133. The largest absolute Gasteiger partial charge is 0.445 e. The van der Waals surface area contributed by atoms with Gasteiger partial charge in [-0.15, -0.1) is 0 Å². The van der Waals surface area contributed by atoms with Crippen LogP contribution in [0.15, 0.2) is 47.3 Å². The van der Waals surface area contributed by atoms with Crippen LogP contribution in [0.25, 0.3) is 0 Å². The van der Waals surface area contributed by atoms with Crippen LogP contribution in [0.1, 0.15) is 18.4 Å². The molecule has 1 aliphatic heterocycles. The lowest BCUT2D eigenvalue weighted by Crippen LogP contribution is -2.63. The van der Waals surface area contributed by atoms with E-state index in [-0.39, 0.29) is 37.8 Å². The van der Waals surface area contributed by atoms with E-state index in [0.29, 0.717) is 19.0 Å². The Bertz CT molecular complexity index is 756. The number of aliphatic hydroxyl groups excluding tert-OH is 1. The number of amides is 1. The highest BCUT2D eigenvalue weighted by atomic mass is 16.6. The Morgan fingerprint density at radius 2 is 2.14 bits per heavy atom. The molecule has 1 fully saturated rings. The second-order valence-corrected chi connectivity index (χ2v) is 6.31. The summed E-state index contributed by atoms with van der Waals surface area (Å²) >= 11 is 0. The SMILES string of the molecule is NC(=NO/C(C=O)=C/C=O)[C@@]1(NC(=O)OCc2ccccc2)CC[C@@H](CO)OC1. The number of rotatable bonds is 9. The molecule has 2 atom stereocenters. The maximum absolute atomic E-state index is 12.3. The van der Waals surface area contributed by atoms with Gasteiger partial charge in [-0.25, -0.2) is 4.79 Å². The van der Waals surface area contributed by atoms with Gasteiger partial charge in [0.2, 0.25) is 5.76 Å². The zero-order valence-electron chi connectivity index (χ0n) is 15.7. The van der Waals surface area contributed by atoms with Crippen molar-refractivity contribution >= 4 is 24.5 Å². The number of amidine groups is 1. The standard InChI is InChI=1S/C19H23N3O7/c20-17(22-29-16(11-25)7-9-23)19(8-6-15(10-24)28-13-19)21-18(26)27-12-14-4-2-1-3-5-14/h1-5,7,9,11,15,24H,6,8,10,12-13H2,(H2,20,22)(H,21,26)/b16-7+/t15-,19+/m0/s1. The summed E-state index contributed by atoms with van der Waals surface area (Å²) in [5.74, 6) is -0.529. The van der Waals surface area contributed by atoms with Crippen molar-refractivity contribution in [2.24, 2.45) is 10.9 Å². The number of carbonyl (C=O) groups is 3. The van der Waals surface area contributed by atoms with E-state index >= 15 is 0 Å². The van der Waals surface area contributed by atoms with Crippen LogP contribution >= 0.6 is 0 Å².